The summed E-state index contributed by atoms with van der Waals surface area (Å²) < 4.78 is 38.8. The van der Waals surface area contributed by atoms with Gasteiger partial charge in [0.1, 0.15) is 17.0 Å². The summed E-state index contributed by atoms with van der Waals surface area (Å²) >= 11 is 0. The van der Waals surface area contributed by atoms with Gasteiger partial charge in [-0.3, -0.25) is 0 Å². The number of pyridine rings is 1. The predicted octanol–water partition coefficient (Wildman–Crippen LogP) is 4.44. The number of aliphatic hydroxyl groups is 1. The number of nitrogens with zero attached hydrogens (tertiary/aromatic N) is 3. The molecule has 30 heavy (non-hydrogen) atoms. The number of nitrogens with one attached hydrogen (secondary N) is 1. The van der Waals surface area contributed by atoms with Crippen LogP contribution in [-0.4, -0.2) is 37.5 Å². The van der Waals surface area contributed by atoms with Crippen LogP contribution in [0.1, 0.15) is 36.9 Å². The zero-order valence-corrected chi connectivity index (χ0v) is 16.2. The van der Waals surface area contributed by atoms with Crippen molar-refractivity contribution in [2.24, 2.45) is 0 Å². The van der Waals surface area contributed by atoms with E-state index in [1.165, 1.54) is 6.07 Å². The minimum absolute atomic E-state index is 0.0267. The molecule has 6 nitrogen and oxygen atoms in total. The number of rotatable bonds is 3. The molecule has 9 heteroatoms. The third-order valence-electron chi connectivity index (χ3n) is 5.33. The molecule has 0 amide bonds. The van der Waals surface area contributed by atoms with Gasteiger partial charge in [0.05, 0.1) is 11.7 Å². The summed E-state index contributed by atoms with van der Waals surface area (Å²) in [6.45, 7) is 1.82. The highest BCUT2D eigenvalue weighted by atomic mass is 19.4. The SMILES string of the molecule is Cc1ccc2c(-c3ccc(C(F)(F)F)cc3O)nnc(N[C@H]3CCC[C@H](O)C3)c2n1. The van der Waals surface area contributed by atoms with Crippen molar-refractivity contribution in [3.8, 4) is 17.0 Å². The third kappa shape index (κ3) is 4.02. The normalized spacial score (nSPS) is 19.8. The van der Waals surface area contributed by atoms with Gasteiger partial charge < -0.3 is 15.5 Å². The van der Waals surface area contributed by atoms with Gasteiger partial charge in [-0.25, -0.2) is 4.98 Å². The van der Waals surface area contributed by atoms with Crippen LogP contribution in [0, 0.1) is 6.92 Å². The van der Waals surface area contributed by atoms with Crippen LogP contribution in [0.15, 0.2) is 30.3 Å². The molecule has 1 saturated carbocycles. The Balaban J connectivity index is 1.78. The molecule has 0 saturated heterocycles. The molecular formula is C21H21F3N4O2. The monoisotopic (exact) mass is 418 g/mol. The second-order valence-corrected chi connectivity index (χ2v) is 7.64. The smallest absolute Gasteiger partial charge is 0.416 e. The fourth-order valence-electron chi connectivity index (χ4n) is 3.82. The Bertz CT molecular complexity index is 1090. The lowest BCUT2D eigenvalue weighted by atomic mass is 9.93. The Morgan fingerprint density at radius 3 is 2.60 bits per heavy atom. The summed E-state index contributed by atoms with van der Waals surface area (Å²) in [7, 11) is 0. The van der Waals surface area contributed by atoms with E-state index in [0.717, 1.165) is 31.0 Å². The average molecular weight is 418 g/mol. The van der Waals surface area contributed by atoms with Crippen LogP contribution in [-0.2, 0) is 6.18 Å². The number of phenols is 1. The summed E-state index contributed by atoms with van der Waals surface area (Å²) in [6.07, 6.45) is -1.78. The second-order valence-electron chi connectivity index (χ2n) is 7.64. The highest BCUT2D eigenvalue weighted by molar-refractivity contribution is 5.98. The number of aryl methyl sites for hydroxylation is 1. The lowest BCUT2D eigenvalue weighted by molar-refractivity contribution is -0.137. The number of hydrogen-bond donors (Lipinski definition) is 3. The maximum atomic E-state index is 12.9. The molecular weight excluding hydrogens is 397 g/mol. The first kappa shape index (κ1) is 20.3. The van der Waals surface area contributed by atoms with Gasteiger partial charge in [-0.1, -0.05) is 0 Å². The molecule has 2 atom stereocenters. The van der Waals surface area contributed by atoms with E-state index in [1.807, 2.05) is 6.92 Å². The Hall–Kier alpha value is -2.94. The van der Waals surface area contributed by atoms with Crippen LogP contribution in [0.2, 0.25) is 0 Å². The maximum Gasteiger partial charge on any atom is 0.416 e. The van der Waals surface area contributed by atoms with E-state index >= 15 is 0 Å². The van der Waals surface area contributed by atoms with Crippen LogP contribution in [0.4, 0.5) is 19.0 Å². The van der Waals surface area contributed by atoms with Crippen molar-refractivity contribution in [3.63, 3.8) is 0 Å². The number of alkyl halides is 3. The molecule has 2 aromatic heterocycles. The van der Waals surface area contributed by atoms with Crippen molar-refractivity contribution >= 4 is 16.7 Å². The number of aromatic hydroxyl groups is 1. The summed E-state index contributed by atoms with van der Waals surface area (Å²) in [4.78, 5) is 4.54. The minimum atomic E-state index is -4.55. The van der Waals surface area contributed by atoms with E-state index in [4.69, 9.17) is 0 Å². The molecule has 1 aliphatic carbocycles. The summed E-state index contributed by atoms with van der Waals surface area (Å²) in [5.41, 5.74) is 0.706. The van der Waals surface area contributed by atoms with Crippen molar-refractivity contribution in [1.82, 2.24) is 15.2 Å². The summed E-state index contributed by atoms with van der Waals surface area (Å²) in [5.74, 6) is -0.0833. The predicted molar refractivity (Wildman–Crippen MR) is 106 cm³/mol. The van der Waals surface area contributed by atoms with Gasteiger partial charge in [-0.2, -0.15) is 13.2 Å². The molecule has 2 heterocycles. The number of fused-ring (bicyclic) bond motifs is 1. The van der Waals surface area contributed by atoms with Gasteiger partial charge in [0.25, 0.3) is 0 Å². The third-order valence-corrected chi connectivity index (χ3v) is 5.33. The van der Waals surface area contributed by atoms with Crippen molar-refractivity contribution in [1.29, 1.82) is 0 Å². The molecule has 3 aromatic rings. The topological polar surface area (TPSA) is 91.2 Å². The zero-order valence-electron chi connectivity index (χ0n) is 16.2. The van der Waals surface area contributed by atoms with E-state index in [1.54, 1.807) is 12.1 Å². The second kappa shape index (κ2) is 7.71. The van der Waals surface area contributed by atoms with E-state index in [2.05, 4.69) is 20.5 Å². The largest absolute Gasteiger partial charge is 0.507 e. The average Bonchev–Trinajstić information content (AvgIpc) is 2.68. The van der Waals surface area contributed by atoms with E-state index in [9.17, 15) is 23.4 Å². The van der Waals surface area contributed by atoms with Gasteiger partial charge in [-0.15, -0.1) is 10.2 Å². The lowest BCUT2D eigenvalue weighted by Crippen LogP contribution is -2.30. The maximum absolute atomic E-state index is 12.9. The number of aromatic nitrogens is 3. The number of aliphatic hydroxyl groups excluding tert-OH is 1. The number of anilines is 1. The first-order chi connectivity index (χ1) is 14.2. The Morgan fingerprint density at radius 2 is 1.90 bits per heavy atom. The standard InChI is InChI=1S/C21H21F3N4O2/c1-11-5-7-16-18(15-8-6-12(9-17(15)30)21(22,23)24)27-28-20(19(16)25-11)26-13-3-2-4-14(29)10-13/h5-9,13-14,29-30H,2-4,10H2,1H3,(H,26,28)/t13-,14-/m0/s1. The Kier molecular flexibility index (Phi) is 5.23. The molecule has 0 unspecified atom stereocenters. The molecule has 158 valence electrons. The van der Waals surface area contributed by atoms with Crippen LogP contribution in [0.3, 0.4) is 0 Å². The molecule has 4 rings (SSSR count). The minimum Gasteiger partial charge on any atom is -0.507 e. The number of phenolic OH excluding ortho intramolecular Hbond substituents is 1. The van der Waals surface area contributed by atoms with E-state index < -0.39 is 17.5 Å². The van der Waals surface area contributed by atoms with Crippen LogP contribution in [0.25, 0.3) is 22.2 Å². The van der Waals surface area contributed by atoms with Gasteiger partial charge in [-0.05, 0) is 62.9 Å². The van der Waals surface area contributed by atoms with Crippen LogP contribution >= 0.6 is 0 Å². The summed E-state index contributed by atoms with van der Waals surface area (Å²) in [5, 5.41) is 32.4. The zero-order chi connectivity index (χ0) is 21.5. The van der Waals surface area contributed by atoms with Gasteiger partial charge in [0.2, 0.25) is 0 Å². The fraction of sp³-hybridized carbons (Fsp3) is 0.381. The number of halogens is 3. The van der Waals surface area contributed by atoms with Crippen molar-refractivity contribution in [3.05, 3.63) is 41.6 Å². The van der Waals surface area contributed by atoms with E-state index in [-0.39, 0.29) is 23.4 Å². The first-order valence-electron chi connectivity index (χ1n) is 9.71. The van der Waals surface area contributed by atoms with Gasteiger partial charge >= 0.3 is 6.18 Å². The fourth-order valence-corrected chi connectivity index (χ4v) is 3.82. The highest BCUT2D eigenvalue weighted by Gasteiger charge is 2.31. The molecule has 3 N–H and O–H groups in total. The number of hydrogen-bond acceptors (Lipinski definition) is 6. The van der Waals surface area contributed by atoms with Crippen molar-refractivity contribution < 1.29 is 23.4 Å². The molecule has 0 radical (unpaired) electrons. The number of benzene rings is 1. The Labute approximate surface area is 170 Å². The molecule has 0 bridgehead atoms. The molecule has 1 fully saturated rings. The van der Waals surface area contributed by atoms with Gasteiger partial charge in [0, 0.05) is 22.7 Å². The van der Waals surface area contributed by atoms with Gasteiger partial charge in [0.15, 0.2) is 5.82 Å². The highest BCUT2D eigenvalue weighted by Crippen LogP contribution is 2.38. The molecule has 1 aromatic carbocycles. The lowest BCUT2D eigenvalue weighted by Gasteiger charge is -2.27. The van der Waals surface area contributed by atoms with Crippen molar-refractivity contribution in [2.45, 2.75) is 50.9 Å². The van der Waals surface area contributed by atoms with Crippen molar-refractivity contribution in [2.75, 3.05) is 5.32 Å². The van der Waals surface area contributed by atoms with Crippen LogP contribution < -0.4 is 5.32 Å². The molecule has 0 aliphatic heterocycles. The van der Waals surface area contributed by atoms with Crippen LogP contribution in [0.5, 0.6) is 5.75 Å². The quantitative estimate of drug-likeness (QED) is 0.583. The molecule has 1 aliphatic rings. The molecule has 0 spiro atoms. The summed E-state index contributed by atoms with van der Waals surface area (Å²) in [6, 6.07) is 6.33. The Morgan fingerprint density at radius 1 is 1.10 bits per heavy atom. The van der Waals surface area contributed by atoms with E-state index in [0.29, 0.717) is 29.2 Å². The first-order valence-corrected chi connectivity index (χ1v) is 9.71.